The molecule has 5 nitrogen and oxygen atoms in total. The molecule has 6 heteroatoms. The van der Waals surface area contributed by atoms with E-state index >= 15 is 0 Å². The highest BCUT2D eigenvalue weighted by Gasteiger charge is 2.22. The van der Waals surface area contributed by atoms with Gasteiger partial charge in [0.05, 0.1) is 28.7 Å². The van der Waals surface area contributed by atoms with Crippen LogP contribution < -0.4 is 15.2 Å². The SMILES string of the molecule is O=c1cc(N2CCOCC2)cc(-c2cccc3c2Oc2ccccc2S3)[nH]1. The molecule has 1 fully saturated rings. The number of ether oxygens (including phenoxy) is 2. The summed E-state index contributed by atoms with van der Waals surface area (Å²) in [5.74, 6) is 1.63. The van der Waals surface area contributed by atoms with Crippen LogP contribution in [0.1, 0.15) is 0 Å². The normalized spacial score (nSPS) is 15.6. The van der Waals surface area contributed by atoms with Crippen molar-refractivity contribution in [3.8, 4) is 22.8 Å². The zero-order valence-corrected chi connectivity index (χ0v) is 15.4. The molecule has 2 aliphatic rings. The van der Waals surface area contributed by atoms with Crippen LogP contribution in [0.15, 0.2) is 69.2 Å². The van der Waals surface area contributed by atoms with Crippen LogP contribution in [-0.2, 0) is 4.74 Å². The van der Waals surface area contributed by atoms with Gasteiger partial charge in [-0.1, -0.05) is 30.0 Å². The maximum Gasteiger partial charge on any atom is 0.250 e. The van der Waals surface area contributed by atoms with E-state index in [1.54, 1.807) is 17.8 Å². The molecule has 5 rings (SSSR count). The molecule has 3 aromatic rings. The molecule has 136 valence electrons. The number of pyridine rings is 1. The topological polar surface area (TPSA) is 54.6 Å². The Balaban J connectivity index is 1.58. The van der Waals surface area contributed by atoms with E-state index < -0.39 is 0 Å². The average molecular weight is 378 g/mol. The van der Waals surface area contributed by atoms with Gasteiger partial charge in [-0.2, -0.15) is 0 Å². The molecule has 0 bridgehead atoms. The lowest BCUT2D eigenvalue weighted by molar-refractivity contribution is 0.122. The van der Waals surface area contributed by atoms with Crippen molar-refractivity contribution in [3.05, 3.63) is 65.0 Å². The summed E-state index contributed by atoms with van der Waals surface area (Å²) in [7, 11) is 0. The Bertz CT molecular complexity index is 1060. The van der Waals surface area contributed by atoms with E-state index in [9.17, 15) is 4.79 Å². The molecule has 1 saturated heterocycles. The molecule has 1 N–H and O–H groups in total. The highest BCUT2D eigenvalue weighted by Crippen LogP contribution is 2.50. The van der Waals surface area contributed by atoms with E-state index in [2.05, 4.69) is 16.0 Å². The lowest BCUT2D eigenvalue weighted by Crippen LogP contribution is -2.36. The lowest BCUT2D eigenvalue weighted by Gasteiger charge is -2.29. The van der Waals surface area contributed by atoms with Gasteiger partial charge in [-0.15, -0.1) is 0 Å². The van der Waals surface area contributed by atoms with Crippen molar-refractivity contribution in [2.45, 2.75) is 9.79 Å². The fourth-order valence-corrected chi connectivity index (χ4v) is 4.42. The number of benzene rings is 2. The second kappa shape index (κ2) is 6.79. The van der Waals surface area contributed by atoms with Gasteiger partial charge in [0.15, 0.2) is 5.75 Å². The third-order valence-corrected chi connectivity index (χ3v) is 5.85. The van der Waals surface area contributed by atoms with E-state index in [1.807, 2.05) is 42.5 Å². The average Bonchev–Trinajstić information content (AvgIpc) is 2.72. The molecule has 1 aromatic heterocycles. The zero-order chi connectivity index (χ0) is 18.2. The Kier molecular flexibility index (Phi) is 4.14. The first-order valence-corrected chi connectivity index (χ1v) is 9.75. The largest absolute Gasteiger partial charge is 0.454 e. The van der Waals surface area contributed by atoms with Crippen LogP contribution >= 0.6 is 11.8 Å². The van der Waals surface area contributed by atoms with Gasteiger partial charge in [0.2, 0.25) is 5.56 Å². The molecule has 27 heavy (non-hydrogen) atoms. The first-order valence-electron chi connectivity index (χ1n) is 8.93. The van der Waals surface area contributed by atoms with Gasteiger partial charge in [-0.25, -0.2) is 0 Å². The molecule has 0 unspecified atom stereocenters. The van der Waals surface area contributed by atoms with E-state index in [0.29, 0.717) is 13.2 Å². The number of morpholine rings is 1. The van der Waals surface area contributed by atoms with E-state index in [4.69, 9.17) is 9.47 Å². The smallest absolute Gasteiger partial charge is 0.250 e. The molecule has 3 heterocycles. The lowest BCUT2D eigenvalue weighted by atomic mass is 10.1. The maximum atomic E-state index is 12.3. The number of nitrogens with zero attached hydrogens (tertiary/aromatic N) is 1. The highest BCUT2D eigenvalue weighted by atomic mass is 32.2. The molecule has 0 radical (unpaired) electrons. The first kappa shape index (κ1) is 16.5. The van der Waals surface area contributed by atoms with E-state index in [-0.39, 0.29) is 5.56 Å². The monoisotopic (exact) mass is 378 g/mol. The van der Waals surface area contributed by atoms with Crippen molar-refractivity contribution < 1.29 is 9.47 Å². The Morgan fingerprint density at radius 1 is 0.963 bits per heavy atom. The van der Waals surface area contributed by atoms with Crippen LogP contribution in [0.2, 0.25) is 0 Å². The van der Waals surface area contributed by atoms with Crippen molar-refractivity contribution >= 4 is 17.4 Å². The predicted octanol–water partition coefficient (Wildman–Crippen LogP) is 4.14. The summed E-state index contributed by atoms with van der Waals surface area (Å²) < 4.78 is 11.6. The number of rotatable bonds is 2. The predicted molar refractivity (Wildman–Crippen MR) is 106 cm³/mol. The second-order valence-corrected chi connectivity index (χ2v) is 7.58. The number of hydrogen-bond donors (Lipinski definition) is 1. The van der Waals surface area contributed by atoms with Crippen LogP contribution in [0.25, 0.3) is 11.3 Å². The Morgan fingerprint density at radius 3 is 2.67 bits per heavy atom. The summed E-state index contributed by atoms with van der Waals surface area (Å²) in [6, 6.07) is 17.7. The molecule has 0 amide bonds. The van der Waals surface area contributed by atoms with Crippen molar-refractivity contribution in [2.75, 3.05) is 31.2 Å². The minimum atomic E-state index is -0.115. The molecule has 0 atom stereocenters. The Labute approximate surface area is 160 Å². The first-order chi connectivity index (χ1) is 13.3. The standard InChI is InChI=1S/C21H18N2O3S/c24-20-13-14(23-8-10-25-11-9-23)12-16(22-20)15-4-3-7-19-21(15)26-17-5-1-2-6-18(17)27-19/h1-7,12-13H,8-11H2,(H,22,24). The van der Waals surface area contributed by atoms with Crippen molar-refractivity contribution in [1.29, 1.82) is 0 Å². The minimum absolute atomic E-state index is 0.115. The number of anilines is 1. The molecule has 0 saturated carbocycles. The van der Waals surface area contributed by atoms with Gasteiger partial charge in [-0.05, 0) is 30.3 Å². The van der Waals surface area contributed by atoms with Crippen molar-refractivity contribution in [3.63, 3.8) is 0 Å². The molecule has 0 aliphatic carbocycles. The number of para-hydroxylation sites is 2. The molecule has 0 spiro atoms. The maximum absolute atomic E-state index is 12.3. The molecule has 2 aromatic carbocycles. The number of fused-ring (bicyclic) bond motifs is 2. The molecule has 2 aliphatic heterocycles. The number of H-pyrrole nitrogens is 1. The van der Waals surface area contributed by atoms with Gasteiger partial charge in [-0.3, -0.25) is 4.79 Å². The van der Waals surface area contributed by atoms with E-state index in [1.165, 1.54) is 0 Å². The highest BCUT2D eigenvalue weighted by molar-refractivity contribution is 7.99. The van der Waals surface area contributed by atoms with Gasteiger partial charge in [0.1, 0.15) is 5.75 Å². The quantitative estimate of drug-likeness (QED) is 0.568. The number of aromatic amines is 1. The summed E-state index contributed by atoms with van der Waals surface area (Å²) >= 11 is 1.68. The molecular formula is C21H18N2O3S. The molecular weight excluding hydrogens is 360 g/mol. The third-order valence-electron chi connectivity index (χ3n) is 4.76. The Morgan fingerprint density at radius 2 is 1.78 bits per heavy atom. The summed E-state index contributed by atoms with van der Waals surface area (Å²) in [6.45, 7) is 2.93. The van der Waals surface area contributed by atoms with Crippen LogP contribution in [-0.4, -0.2) is 31.3 Å². The van der Waals surface area contributed by atoms with Crippen LogP contribution in [0.4, 0.5) is 5.69 Å². The second-order valence-electron chi connectivity index (χ2n) is 6.50. The van der Waals surface area contributed by atoms with Gasteiger partial charge in [0.25, 0.3) is 0 Å². The Hall–Kier alpha value is -2.70. The summed E-state index contributed by atoms with van der Waals surface area (Å²) in [5, 5.41) is 0. The van der Waals surface area contributed by atoms with Gasteiger partial charge < -0.3 is 19.4 Å². The summed E-state index contributed by atoms with van der Waals surface area (Å²) in [4.78, 5) is 19.6. The third kappa shape index (κ3) is 3.11. The van der Waals surface area contributed by atoms with Crippen LogP contribution in [0.3, 0.4) is 0 Å². The number of aromatic nitrogens is 1. The van der Waals surface area contributed by atoms with Gasteiger partial charge >= 0.3 is 0 Å². The van der Waals surface area contributed by atoms with Gasteiger partial charge in [0, 0.05) is 30.4 Å². The zero-order valence-electron chi connectivity index (χ0n) is 14.6. The van der Waals surface area contributed by atoms with Crippen molar-refractivity contribution in [2.24, 2.45) is 0 Å². The number of nitrogens with one attached hydrogen (secondary N) is 1. The van der Waals surface area contributed by atoms with Crippen molar-refractivity contribution in [1.82, 2.24) is 4.98 Å². The summed E-state index contributed by atoms with van der Waals surface area (Å²) in [5.41, 5.74) is 2.46. The fraction of sp³-hybridized carbons (Fsp3) is 0.190. The van der Waals surface area contributed by atoms with E-state index in [0.717, 1.165) is 51.3 Å². The van der Waals surface area contributed by atoms with Crippen LogP contribution in [0.5, 0.6) is 11.5 Å². The summed E-state index contributed by atoms with van der Waals surface area (Å²) in [6.07, 6.45) is 0. The minimum Gasteiger partial charge on any atom is -0.454 e. The fourth-order valence-electron chi connectivity index (χ4n) is 3.44. The number of hydrogen-bond acceptors (Lipinski definition) is 5. The van der Waals surface area contributed by atoms with Crippen LogP contribution in [0, 0.1) is 0 Å².